The molecule has 1 aromatic rings. The number of hydrogen-bond acceptors (Lipinski definition) is 15. The van der Waals surface area contributed by atoms with Crippen molar-refractivity contribution in [3.05, 3.63) is 47.1 Å². The molecule has 7 atom stereocenters. The highest BCUT2D eigenvalue weighted by Gasteiger charge is 2.46. The van der Waals surface area contributed by atoms with Crippen LogP contribution in [0.2, 0.25) is 0 Å². The second-order valence-corrected chi connectivity index (χ2v) is 21.2. The molecule has 0 aromatic carbocycles. The maximum absolute atomic E-state index is 12.8. The molecule has 6 N–H and O–H groups in total. The van der Waals surface area contributed by atoms with E-state index in [1.165, 1.54) is 83.1 Å². The third-order valence-corrected chi connectivity index (χ3v) is 14.1. The number of aromatic nitrogens is 2. The monoisotopic (exact) mass is 1010 g/mol. The van der Waals surface area contributed by atoms with E-state index in [0.29, 0.717) is 12.8 Å². The largest absolute Gasteiger partial charge is 0.481 e. The zero-order chi connectivity index (χ0) is 50.0. The van der Waals surface area contributed by atoms with Crippen molar-refractivity contribution in [2.24, 2.45) is 5.92 Å². The Morgan fingerprint density at radius 2 is 1.26 bits per heavy atom. The van der Waals surface area contributed by atoms with Crippen molar-refractivity contribution in [2.75, 3.05) is 25.6 Å². The number of phosphoric ester groups is 2. The smallest absolute Gasteiger partial charge is 0.462 e. The van der Waals surface area contributed by atoms with E-state index in [9.17, 15) is 43.5 Å². The molecule has 1 aromatic heterocycles. The topological polar surface area (TPSA) is 265 Å². The highest BCUT2D eigenvalue weighted by Crippen LogP contribution is 2.60. The number of carbonyl (C=O) groups is 2. The summed E-state index contributed by atoms with van der Waals surface area (Å²) in [5, 5.41) is 20.9. The minimum absolute atomic E-state index is 0.0347. The van der Waals surface area contributed by atoms with Gasteiger partial charge in [-0.25, -0.2) is 13.9 Å². The van der Waals surface area contributed by atoms with Crippen LogP contribution in [0, 0.1) is 5.92 Å². The first-order valence-corrected chi connectivity index (χ1v) is 28.2. The summed E-state index contributed by atoms with van der Waals surface area (Å²) >= 11 is 0. The Bertz CT molecular complexity index is 1750. The Morgan fingerprint density at radius 1 is 0.750 bits per heavy atom. The number of phosphoric acid groups is 2. The number of aliphatic hydroxyl groups excluding tert-OH is 2. The van der Waals surface area contributed by atoms with Gasteiger partial charge in [-0.1, -0.05) is 161 Å². The van der Waals surface area contributed by atoms with Crippen molar-refractivity contribution in [1.82, 2.24) is 9.55 Å². The average Bonchev–Trinajstić information content (AvgIpc) is 3.56. The third kappa shape index (κ3) is 29.4. The normalized spacial score (nSPS) is 19.7. The van der Waals surface area contributed by atoms with Crippen molar-refractivity contribution in [1.29, 1.82) is 0 Å². The number of allylic oxidation sites excluding steroid dienone is 4. The summed E-state index contributed by atoms with van der Waals surface area (Å²) in [5.74, 6) is -0.528. The second-order valence-electron chi connectivity index (χ2n) is 18.2. The number of nitrogen functional groups attached to an aromatic ring is 1. The lowest BCUT2D eigenvalue weighted by atomic mass is 10.0. The van der Waals surface area contributed by atoms with Crippen LogP contribution in [-0.2, 0) is 46.3 Å². The van der Waals surface area contributed by atoms with Crippen LogP contribution in [0.5, 0.6) is 0 Å². The van der Waals surface area contributed by atoms with Gasteiger partial charge in [0.1, 0.15) is 30.7 Å². The Balaban J connectivity index is 1.81. The molecule has 0 aliphatic carbocycles. The molecular weight excluding hydrogens is 920 g/mol. The Hall–Kier alpha value is -2.76. The third-order valence-electron chi connectivity index (χ3n) is 11.5. The second kappa shape index (κ2) is 36.2. The van der Waals surface area contributed by atoms with Gasteiger partial charge >= 0.3 is 33.3 Å². The highest BCUT2D eigenvalue weighted by atomic mass is 31.3. The Morgan fingerprint density at radius 3 is 1.82 bits per heavy atom. The van der Waals surface area contributed by atoms with Crippen LogP contribution in [0.1, 0.15) is 194 Å². The van der Waals surface area contributed by atoms with Crippen LogP contribution >= 0.6 is 15.6 Å². The summed E-state index contributed by atoms with van der Waals surface area (Å²) in [4.78, 5) is 61.9. The number of esters is 2. The molecule has 0 spiro atoms. The number of carbonyl (C=O) groups excluding carboxylic acids is 2. The zero-order valence-corrected chi connectivity index (χ0v) is 42.9. The van der Waals surface area contributed by atoms with Gasteiger partial charge in [-0.2, -0.15) is 9.29 Å². The van der Waals surface area contributed by atoms with E-state index >= 15 is 0 Å². The lowest BCUT2D eigenvalue weighted by Crippen LogP contribution is -2.36. The summed E-state index contributed by atoms with van der Waals surface area (Å²) in [6.07, 6.45) is 28.4. The standard InChI is InChI=1S/C48H85N3O15P2/c1-4-5-6-7-8-9-10-11-12-13-18-21-24-27-30-33-44(53)64-40(36-61-43(52)32-29-26-23-20-17-15-14-16-19-22-25-28-31-39(2)3)37-62-67(57,58)66-68(59,60)63-38-41-45(54)46(55)47(65-41)51-35-34-42(49)50-48(51)56/h9-12,34-35,39-41,45-47,54-55H,4-8,13-33,36-38H2,1-3H3,(H,57,58)(H,59,60)(H2,49,50,56)/b10-9-,12-11-/t40-,41-,45+,46?,47-/m1/s1. The fourth-order valence-corrected chi connectivity index (χ4v) is 9.66. The number of rotatable bonds is 41. The maximum atomic E-state index is 12.8. The zero-order valence-electron chi connectivity index (χ0n) is 41.1. The van der Waals surface area contributed by atoms with Gasteiger partial charge in [0.05, 0.1) is 13.2 Å². The number of ether oxygens (including phenoxy) is 3. The fourth-order valence-electron chi connectivity index (χ4n) is 7.55. The van der Waals surface area contributed by atoms with E-state index in [4.69, 9.17) is 29.0 Å². The molecule has 0 radical (unpaired) electrons. The predicted molar refractivity (Wildman–Crippen MR) is 261 cm³/mol. The van der Waals surface area contributed by atoms with Crippen LogP contribution in [0.3, 0.4) is 0 Å². The van der Waals surface area contributed by atoms with Crippen LogP contribution in [0.25, 0.3) is 0 Å². The van der Waals surface area contributed by atoms with E-state index < -0.39 is 83.7 Å². The van der Waals surface area contributed by atoms with Crippen molar-refractivity contribution < 1.29 is 66.3 Å². The van der Waals surface area contributed by atoms with E-state index in [0.717, 1.165) is 80.9 Å². The summed E-state index contributed by atoms with van der Waals surface area (Å²) in [6.45, 7) is 4.44. The van der Waals surface area contributed by atoms with Gasteiger partial charge in [0.15, 0.2) is 12.3 Å². The molecule has 68 heavy (non-hydrogen) atoms. The quantitative estimate of drug-likeness (QED) is 0.0177. The van der Waals surface area contributed by atoms with Gasteiger partial charge in [0.2, 0.25) is 0 Å². The number of nitrogens with zero attached hydrogens (tertiary/aromatic N) is 2. The molecule has 1 saturated heterocycles. The van der Waals surface area contributed by atoms with Crippen molar-refractivity contribution in [2.45, 2.75) is 218 Å². The molecule has 1 aliphatic rings. The average molecular weight is 1010 g/mol. The number of nitrogens with two attached hydrogens (primary N) is 1. The summed E-state index contributed by atoms with van der Waals surface area (Å²) < 4.78 is 56.8. The summed E-state index contributed by atoms with van der Waals surface area (Å²) in [6, 6.07) is 1.25. The molecule has 0 bridgehead atoms. The summed E-state index contributed by atoms with van der Waals surface area (Å²) in [5.41, 5.74) is 4.59. The first kappa shape index (κ1) is 61.4. The van der Waals surface area contributed by atoms with Crippen LogP contribution in [0.4, 0.5) is 5.82 Å². The van der Waals surface area contributed by atoms with E-state index in [1.54, 1.807) is 0 Å². The van der Waals surface area contributed by atoms with Crippen molar-refractivity contribution in [3.8, 4) is 0 Å². The van der Waals surface area contributed by atoms with Crippen LogP contribution in [-0.4, -0.2) is 85.7 Å². The lowest BCUT2D eigenvalue weighted by molar-refractivity contribution is -0.161. The molecule has 392 valence electrons. The number of hydrogen-bond donors (Lipinski definition) is 5. The van der Waals surface area contributed by atoms with Crippen LogP contribution in [0.15, 0.2) is 41.4 Å². The van der Waals surface area contributed by atoms with Crippen molar-refractivity contribution in [3.63, 3.8) is 0 Å². The van der Waals surface area contributed by atoms with Gasteiger partial charge in [-0.05, 0) is 50.5 Å². The predicted octanol–water partition coefficient (Wildman–Crippen LogP) is 10.1. The van der Waals surface area contributed by atoms with Gasteiger partial charge in [0, 0.05) is 19.0 Å². The summed E-state index contributed by atoms with van der Waals surface area (Å²) in [7, 11) is -10.8. The van der Waals surface area contributed by atoms with Gasteiger partial charge in [-0.3, -0.25) is 23.2 Å². The molecule has 1 fully saturated rings. The maximum Gasteiger partial charge on any atom is 0.481 e. The SMILES string of the molecule is CCCCCC/C=C\C=C/CCCCCCCC(=O)O[C@H](COC(=O)CCCCCCCCCCCCCCC(C)C)COP(=O)(O)OP(=O)(O)OC[C@H]1O[C@@H](n2ccc(N)nc2=O)C(O)[C@H]1O. The molecule has 2 rings (SSSR count). The van der Waals surface area contributed by atoms with E-state index in [-0.39, 0.29) is 18.7 Å². The van der Waals surface area contributed by atoms with Crippen molar-refractivity contribution >= 4 is 33.4 Å². The first-order valence-electron chi connectivity index (χ1n) is 25.2. The van der Waals surface area contributed by atoms with Crippen LogP contribution < -0.4 is 11.4 Å². The first-order chi connectivity index (χ1) is 32.5. The minimum atomic E-state index is -5.42. The lowest BCUT2D eigenvalue weighted by Gasteiger charge is -2.21. The molecular formula is C48H85N3O15P2. The Labute approximate surface area is 405 Å². The van der Waals surface area contributed by atoms with Gasteiger partial charge < -0.3 is 39.9 Å². The molecule has 3 unspecified atom stereocenters. The molecule has 20 heteroatoms. The molecule has 2 heterocycles. The Kier molecular flexibility index (Phi) is 32.7. The molecule has 1 aliphatic heterocycles. The van der Waals surface area contributed by atoms with E-state index in [1.807, 2.05) is 0 Å². The van der Waals surface area contributed by atoms with Gasteiger partial charge in [-0.15, -0.1) is 0 Å². The molecule has 18 nitrogen and oxygen atoms in total. The number of anilines is 1. The molecule has 0 amide bonds. The highest BCUT2D eigenvalue weighted by molar-refractivity contribution is 7.61. The molecule has 0 saturated carbocycles. The fraction of sp³-hybridized carbons (Fsp3) is 0.792. The number of unbranched alkanes of at least 4 members (excludes halogenated alkanes) is 20. The van der Waals surface area contributed by atoms with E-state index in [2.05, 4.69) is 54.4 Å². The van der Waals surface area contributed by atoms with Gasteiger partial charge in [0.25, 0.3) is 0 Å². The minimum Gasteiger partial charge on any atom is -0.462 e. The number of aliphatic hydroxyl groups is 2.